The Morgan fingerprint density at radius 3 is 1.96 bits per heavy atom. The van der Waals surface area contributed by atoms with Crippen molar-refractivity contribution >= 4 is 73.9 Å². The van der Waals surface area contributed by atoms with Gasteiger partial charge in [-0.05, 0) is 74.4 Å². The van der Waals surface area contributed by atoms with Crippen LogP contribution in [0.2, 0.25) is 20.1 Å². The fourth-order valence-corrected chi connectivity index (χ4v) is 6.79. The Morgan fingerprint density at radius 2 is 1.37 bits per heavy atom. The first-order valence-electron chi connectivity index (χ1n) is 14.4. The van der Waals surface area contributed by atoms with Gasteiger partial charge in [-0.15, -0.1) is 0 Å². The number of rotatable bonds is 12. The van der Waals surface area contributed by atoms with Crippen molar-refractivity contribution in [2.45, 2.75) is 50.7 Å². The van der Waals surface area contributed by atoms with E-state index in [1.807, 2.05) is 51.1 Å². The third-order valence-corrected chi connectivity index (χ3v) is 10.4. The number of amides is 2. The monoisotopic (exact) mass is 719 g/mol. The summed E-state index contributed by atoms with van der Waals surface area (Å²) in [6, 6.07) is 23.6. The summed E-state index contributed by atoms with van der Waals surface area (Å²) in [4.78, 5) is 29.7. The topological polar surface area (TPSA) is 86.8 Å². The van der Waals surface area contributed by atoms with Crippen molar-refractivity contribution in [2.24, 2.45) is 0 Å². The minimum atomic E-state index is -4.29. The van der Waals surface area contributed by atoms with Crippen LogP contribution in [0.15, 0.2) is 95.9 Å². The lowest BCUT2D eigenvalue weighted by Crippen LogP contribution is -2.54. The lowest BCUT2D eigenvalue weighted by Gasteiger charge is -2.34. The average Bonchev–Trinajstić information content (AvgIpc) is 3.01. The number of benzene rings is 4. The molecule has 0 aliphatic carbocycles. The molecule has 0 saturated carbocycles. The molecular weight excluding hydrogens is 688 g/mol. The second kappa shape index (κ2) is 15.5. The third-order valence-electron chi connectivity index (χ3n) is 7.12. The summed E-state index contributed by atoms with van der Waals surface area (Å²) in [5.41, 5.74) is 2.40. The molecule has 0 radical (unpaired) electrons. The summed E-state index contributed by atoms with van der Waals surface area (Å²) in [7, 11) is -4.29. The highest BCUT2D eigenvalue weighted by atomic mass is 35.5. The van der Waals surface area contributed by atoms with Gasteiger partial charge < -0.3 is 10.2 Å². The van der Waals surface area contributed by atoms with Crippen LogP contribution in [0.25, 0.3) is 0 Å². The normalized spacial score (nSPS) is 12.1. The molecule has 0 fully saturated rings. The van der Waals surface area contributed by atoms with Crippen molar-refractivity contribution in [3.05, 3.63) is 128 Å². The van der Waals surface area contributed by atoms with E-state index in [0.717, 1.165) is 15.4 Å². The second-order valence-electron chi connectivity index (χ2n) is 11.1. The lowest BCUT2D eigenvalue weighted by molar-refractivity contribution is -0.140. The van der Waals surface area contributed by atoms with Crippen LogP contribution in [-0.2, 0) is 32.6 Å². The van der Waals surface area contributed by atoms with E-state index in [1.165, 1.54) is 35.2 Å². The van der Waals surface area contributed by atoms with Crippen LogP contribution in [0, 0.1) is 6.92 Å². The maximum Gasteiger partial charge on any atom is 0.264 e. The third kappa shape index (κ3) is 8.96. The number of carbonyl (C=O) groups excluding carboxylic acids is 2. The lowest BCUT2D eigenvalue weighted by atomic mass is 10.0. The Labute approximate surface area is 290 Å². The maximum atomic E-state index is 14.5. The summed E-state index contributed by atoms with van der Waals surface area (Å²) >= 11 is 25.0. The molecule has 46 heavy (non-hydrogen) atoms. The van der Waals surface area contributed by atoms with Gasteiger partial charge in [-0.25, -0.2) is 8.42 Å². The highest BCUT2D eigenvalue weighted by Crippen LogP contribution is 2.31. The first-order chi connectivity index (χ1) is 21.8. The number of anilines is 1. The maximum absolute atomic E-state index is 14.5. The van der Waals surface area contributed by atoms with Gasteiger partial charge in [0, 0.05) is 19.0 Å². The molecule has 7 nitrogen and oxygen atoms in total. The molecule has 0 bridgehead atoms. The molecule has 4 aromatic rings. The van der Waals surface area contributed by atoms with E-state index >= 15 is 0 Å². The number of aryl methyl sites for hydroxylation is 1. The molecule has 12 heteroatoms. The van der Waals surface area contributed by atoms with Gasteiger partial charge >= 0.3 is 0 Å². The number of hydrogen-bond acceptors (Lipinski definition) is 4. The largest absolute Gasteiger partial charge is 0.352 e. The van der Waals surface area contributed by atoms with Crippen LogP contribution in [-0.4, -0.2) is 43.8 Å². The van der Waals surface area contributed by atoms with E-state index in [2.05, 4.69) is 5.32 Å². The van der Waals surface area contributed by atoms with Gasteiger partial charge in [0.1, 0.15) is 12.6 Å². The van der Waals surface area contributed by atoms with E-state index in [0.29, 0.717) is 10.6 Å². The standard InChI is InChI=1S/C34H33Cl4N3O4S/c1-22(2)39-34(43)32(18-24-7-5-4-6-8-24)40(20-25-11-15-28(35)30(37)17-25)33(42)21-41(26-12-16-29(36)31(38)19-26)46(44,45)27-13-9-23(3)10-14-27/h4-17,19,22,32H,18,20-21H2,1-3H3,(H,39,43)/t32-/m0/s1. The van der Waals surface area contributed by atoms with E-state index in [9.17, 15) is 18.0 Å². The molecule has 0 heterocycles. The summed E-state index contributed by atoms with van der Waals surface area (Å²) < 4.78 is 29.3. The van der Waals surface area contributed by atoms with Crippen molar-refractivity contribution in [3.63, 3.8) is 0 Å². The highest BCUT2D eigenvalue weighted by molar-refractivity contribution is 7.92. The molecule has 2 amide bonds. The zero-order chi connectivity index (χ0) is 33.6. The summed E-state index contributed by atoms with van der Waals surface area (Å²) in [6.07, 6.45) is 0.171. The number of halogens is 4. The minimum Gasteiger partial charge on any atom is -0.352 e. The number of carbonyl (C=O) groups is 2. The van der Waals surface area contributed by atoms with Gasteiger partial charge in [0.2, 0.25) is 11.8 Å². The molecule has 242 valence electrons. The van der Waals surface area contributed by atoms with Crippen molar-refractivity contribution < 1.29 is 18.0 Å². The molecule has 0 aliphatic rings. The molecule has 0 aromatic heterocycles. The van der Waals surface area contributed by atoms with Gasteiger partial charge in [0.15, 0.2) is 0 Å². The van der Waals surface area contributed by atoms with Crippen molar-refractivity contribution in [1.82, 2.24) is 10.2 Å². The van der Waals surface area contributed by atoms with Crippen LogP contribution >= 0.6 is 46.4 Å². The van der Waals surface area contributed by atoms with Crippen LogP contribution in [0.5, 0.6) is 0 Å². The van der Waals surface area contributed by atoms with Crippen LogP contribution in [0.1, 0.15) is 30.5 Å². The molecule has 0 saturated heterocycles. The summed E-state index contributed by atoms with van der Waals surface area (Å²) in [5, 5.41) is 3.86. The first-order valence-corrected chi connectivity index (χ1v) is 17.3. The molecule has 0 spiro atoms. The Kier molecular flexibility index (Phi) is 12.0. The minimum absolute atomic E-state index is 0.0219. The molecule has 1 atom stereocenters. The SMILES string of the molecule is Cc1ccc(S(=O)(=O)N(CC(=O)N(Cc2ccc(Cl)c(Cl)c2)[C@@H](Cc2ccccc2)C(=O)NC(C)C)c2ccc(Cl)c(Cl)c2)cc1. The van der Waals surface area contributed by atoms with Gasteiger partial charge in [0.05, 0.1) is 30.7 Å². The zero-order valence-electron chi connectivity index (χ0n) is 25.4. The Morgan fingerprint density at radius 1 is 0.761 bits per heavy atom. The van der Waals surface area contributed by atoms with Crippen LogP contribution < -0.4 is 9.62 Å². The second-order valence-corrected chi connectivity index (χ2v) is 14.6. The van der Waals surface area contributed by atoms with Crippen molar-refractivity contribution in [2.75, 3.05) is 10.8 Å². The fraction of sp³-hybridized carbons (Fsp3) is 0.235. The van der Waals surface area contributed by atoms with Crippen LogP contribution in [0.4, 0.5) is 5.69 Å². The Balaban J connectivity index is 1.84. The fourth-order valence-electron chi connectivity index (χ4n) is 4.78. The van der Waals surface area contributed by atoms with Crippen molar-refractivity contribution in [3.8, 4) is 0 Å². The van der Waals surface area contributed by atoms with Gasteiger partial charge in [0.25, 0.3) is 10.0 Å². The molecule has 4 aromatic carbocycles. The van der Waals surface area contributed by atoms with Gasteiger partial charge in [-0.3, -0.25) is 13.9 Å². The van der Waals surface area contributed by atoms with E-state index in [-0.39, 0.29) is 44.7 Å². The number of nitrogens with one attached hydrogen (secondary N) is 1. The summed E-state index contributed by atoms with van der Waals surface area (Å²) in [5.74, 6) is -1.03. The average molecular weight is 722 g/mol. The van der Waals surface area contributed by atoms with Crippen molar-refractivity contribution in [1.29, 1.82) is 0 Å². The summed E-state index contributed by atoms with van der Waals surface area (Å²) in [6.45, 7) is 4.78. The van der Waals surface area contributed by atoms with Gasteiger partial charge in [-0.2, -0.15) is 0 Å². The van der Waals surface area contributed by atoms with E-state index in [1.54, 1.807) is 30.3 Å². The molecule has 0 unspecified atom stereocenters. The molecular formula is C34H33Cl4N3O4S. The number of nitrogens with zero attached hydrogens (tertiary/aromatic N) is 2. The Bertz CT molecular complexity index is 1800. The zero-order valence-corrected chi connectivity index (χ0v) is 29.2. The molecule has 4 rings (SSSR count). The van der Waals surface area contributed by atoms with E-state index < -0.39 is 34.4 Å². The first kappa shape index (κ1) is 35.6. The smallest absolute Gasteiger partial charge is 0.264 e. The predicted molar refractivity (Wildman–Crippen MR) is 186 cm³/mol. The number of sulfonamides is 1. The van der Waals surface area contributed by atoms with Gasteiger partial charge in [-0.1, -0.05) is 100 Å². The Hall–Kier alpha value is -3.27. The van der Waals surface area contributed by atoms with Crippen LogP contribution in [0.3, 0.4) is 0 Å². The molecule has 0 aliphatic heterocycles. The van der Waals surface area contributed by atoms with E-state index in [4.69, 9.17) is 46.4 Å². The highest BCUT2D eigenvalue weighted by Gasteiger charge is 2.35. The quantitative estimate of drug-likeness (QED) is 0.161. The predicted octanol–water partition coefficient (Wildman–Crippen LogP) is 7.97. The number of hydrogen-bond donors (Lipinski definition) is 1. The molecule has 1 N–H and O–H groups in total.